The van der Waals surface area contributed by atoms with Crippen molar-refractivity contribution in [2.24, 2.45) is 5.92 Å². The minimum Gasteiger partial charge on any atom is -0.449 e. The molecule has 0 saturated heterocycles. The third kappa shape index (κ3) is 1.82. The predicted molar refractivity (Wildman–Crippen MR) is 44.5 cm³/mol. The molecule has 2 heteroatoms. The van der Waals surface area contributed by atoms with Crippen LogP contribution in [0.2, 0.25) is 0 Å². The number of hydrogen-bond donors (Lipinski definition) is 0. The molecule has 1 rings (SSSR count). The Morgan fingerprint density at radius 1 is 1.36 bits per heavy atom. The molecule has 0 saturated carbocycles. The summed E-state index contributed by atoms with van der Waals surface area (Å²) in [6.07, 6.45) is 1.75. The van der Waals surface area contributed by atoms with Gasteiger partial charge in [0.05, 0.1) is 5.69 Å². The highest BCUT2D eigenvalue weighted by atomic mass is 16.3. The zero-order valence-electron chi connectivity index (χ0n) is 7.59. The monoisotopic (exact) mass is 153 g/mol. The Hall–Kier alpha value is -0.790. The highest BCUT2D eigenvalue weighted by molar-refractivity contribution is 5.02. The van der Waals surface area contributed by atoms with Crippen LogP contribution in [0.15, 0.2) is 10.7 Å². The van der Waals surface area contributed by atoms with Gasteiger partial charge in [-0.15, -0.1) is 0 Å². The van der Waals surface area contributed by atoms with Gasteiger partial charge in [-0.1, -0.05) is 20.8 Å². The topological polar surface area (TPSA) is 26.0 Å². The third-order valence-corrected chi connectivity index (χ3v) is 2.10. The van der Waals surface area contributed by atoms with Crippen molar-refractivity contribution in [3.05, 3.63) is 17.8 Å². The van der Waals surface area contributed by atoms with Crippen LogP contribution < -0.4 is 0 Å². The molecule has 0 aliphatic heterocycles. The van der Waals surface area contributed by atoms with Crippen LogP contribution in [0.5, 0.6) is 0 Å². The smallest absolute Gasteiger partial charge is 0.191 e. The van der Waals surface area contributed by atoms with Gasteiger partial charge >= 0.3 is 0 Å². The summed E-state index contributed by atoms with van der Waals surface area (Å²) < 4.78 is 5.12. The maximum absolute atomic E-state index is 5.12. The molecule has 0 unspecified atom stereocenters. The lowest BCUT2D eigenvalue weighted by Crippen LogP contribution is -2.01. The van der Waals surface area contributed by atoms with Crippen LogP contribution in [-0.4, -0.2) is 4.98 Å². The molecule has 0 amide bonds. The lowest BCUT2D eigenvalue weighted by molar-refractivity contribution is 0.506. The molecule has 1 atom stereocenters. The Bertz CT molecular complexity index is 227. The molecule has 1 heterocycles. The maximum atomic E-state index is 5.12. The van der Waals surface area contributed by atoms with E-state index in [1.807, 2.05) is 6.92 Å². The lowest BCUT2D eigenvalue weighted by Gasteiger charge is -2.10. The number of nitrogens with zero attached hydrogens (tertiary/aromatic N) is 1. The predicted octanol–water partition coefficient (Wildman–Crippen LogP) is 2.74. The van der Waals surface area contributed by atoms with E-state index in [1.165, 1.54) is 0 Å². The fourth-order valence-corrected chi connectivity index (χ4v) is 0.931. The van der Waals surface area contributed by atoms with Gasteiger partial charge in [-0.25, -0.2) is 4.98 Å². The van der Waals surface area contributed by atoms with Crippen LogP contribution >= 0.6 is 0 Å². The van der Waals surface area contributed by atoms with Gasteiger partial charge in [0.2, 0.25) is 0 Å². The second-order valence-corrected chi connectivity index (χ2v) is 3.32. The van der Waals surface area contributed by atoms with Crippen molar-refractivity contribution in [3.63, 3.8) is 0 Å². The molecule has 1 aromatic rings. The lowest BCUT2D eigenvalue weighted by atomic mass is 9.95. The van der Waals surface area contributed by atoms with Crippen LogP contribution in [0.25, 0.3) is 0 Å². The molecule has 0 radical (unpaired) electrons. The van der Waals surface area contributed by atoms with Gasteiger partial charge in [-0.05, 0) is 5.92 Å². The van der Waals surface area contributed by atoms with Crippen LogP contribution in [0.4, 0.5) is 0 Å². The van der Waals surface area contributed by atoms with E-state index < -0.39 is 0 Å². The Morgan fingerprint density at radius 2 is 2.00 bits per heavy atom. The number of hydrogen-bond acceptors (Lipinski definition) is 2. The van der Waals surface area contributed by atoms with Crippen molar-refractivity contribution >= 4 is 0 Å². The van der Waals surface area contributed by atoms with E-state index in [0.717, 1.165) is 11.6 Å². The van der Waals surface area contributed by atoms with Gasteiger partial charge in [-0.3, -0.25) is 0 Å². The van der Waals surface area contributed by atoms with Crippen LogP contribution in [0.3, 0.4) is 0 Å². The minimum absolute atomic E-state index is 0.493. The Balaban J connectivity index is 2.76. The normalized spacial score (nSPS) is 13.9. The van der Waals surface area contributed by atoms with E-state index >= 15 is 0 Å². The first-order valence-corrected chi connectivity index (χ1v) is 4.03. The van der Waals surface area contributed by atoms with Gasteiger partial charge in [0.1, 0.15) is 6.26 Å². The SMILES string of the molecule is Cc1nc([C@H](C)C(C)C)co1. The summed E-state index contributed by atoms with van der Waals surface area (Å²) in [6, 6.07) is 0. The highest BCUT2D eigenvalue weighted by Crippen LogP contribution is 2.22. The molecule has 2 nitrogen and oxygen atoms in total. The number of oxazole rings is 1. The van der Waals surface area contributed by atoms with E-state index in [0.29, 0.717) is 11.8 Å². The summed E-state index contributed by atoms with van der Waals surface area (Å²) in [4.78, 5) is 4.27. The largest absolute Gasteiger partial charge is 0.449 e. The summed E-state index contributed by atoms with van der Waals surface area (Å²) in [5, 5.41) is 0. The molecular weight excluding hydrogens is 138 g/mol. The van der Waals surface area contributed by atoms with E-state index in [1.54, 1.807) is 6.26 Å². The van der Waals surface area contributed by atoms with Crippen LogP contribution in [0.1, 0.15) is 38.3 Å². The molecule has 11 heavy (non-hydrogen) atoms. The van der Waals surface area contributed by atoms with Crippen molar-refractivity contribution in [2.45, 2.75) is 33.6 Å². The van der Waals surface area contributed by atoms with E-state index in [2.05, 4.69) is 25.8 Å². The Labute approximate surface area is 67.6 Å². The molecule has 0 fully saturated rings. The number of rotatable bonds is 2. The van der Waals surface area contributed by atoms with Crippen molar-refractivity contribution in [3.8, 4) is 0 Å². The first-order valence-electron chi connectivity index (χ1n) is 4.03. The van der Waals surface area contributed by atoms with Gasteiger partial charge < -0.3 is 4.42 Å². The molecule has 0 spiro atoms. The minimum atomic E-state index is 0.493. The maximum Gasteiger partial charge on any atom is 0.191 e. The number of aryl methyl sites for hydroxylation is 1. The molecule has 0 bridgehead atoms. The van der Waals surface area contributed by atoms with E-state index in [9.17, 15) is 0 Å². The highest BCUT2D eigenvalue weighted by Gasteiger charge is 2.12. The number of aromatic nitrogens is 1. The zero-order valence-corrected chi connectivity index (χ0v) is 7.59. The first kappa shape index (κ1) is 8.31. The first-order chi connectivity index (χ1) is 5.11. The molecule has 0 aromatic carbocycles. The quantitative estimate of drug-likeness (QED) is 0.653. The average Bonchev–Trinajstić information content (AvgIpc) is 2.34. The molecule has 0 aliphatic rings. The average molecular weight is 153 g/mol. The van der Waals surface area contributed by atoms with Crippen molar-refractivity contribution in [1.29, 1.82) is 0 Å². The van der Waals surface area contributed by atoms with Crippen molar-refractivity contribution in [1.82, 2.24) is 4.98 Å². The molecule has 62 valence electrons. The van der Waals surface area contributed by atoms with Crippen molar-refractivity contribution < 1.29 is 4.42 Å². The standard InChI is InChI=1S/C9H15NO/c1-6(2)7(3)9-5-11-8(4)10-9/h5-7H,1-4H3/t7-/m1/s1. The molecule has 0 aliphatic carbocycles. The third-order valence-electron chi connectivity index (χ3n) is 2.10. The summed E-state index contributed by atoms with van der Waals surface area (Å²) in [6.45, 7) is 8.42. The Morgan fingerprint density at radius 3 is 2.36 bits per heavy atom. The fourth-order valence-electron chi connectivity index (χ4n) is 0.931. The van der Waals surface area contributed by atoms with Crippen LogP contribution in [0, 0.1) is 12.8 Å². The van der Waals surface area contributed by atoms with E-state index in [4.69, 9.17) is 4.42 Å². The molecule has 1 aromatic heterocycles. The van der Waals surface area contributed by atoms with Gasteiger partial charge in [0.25, 0.3) is 0 Å². The zero-order chi connectivity index (χ0) is 8.43. The van der Waals surface area contributed by atoms with Gasteiger partial charge in [0.15, 0.2) is 5.89 Å². The summed E-state index contributed by atoms with van der Waals surface area (Å²) in [7, 11) is 0. The van der Waals surface area contributed by atoms with Crippen molar-refractivity contribution in [2.75, 3.05) is 0 Å². The second-order valence-electron chi connectivity index (χ2n) is 3.32. The fraction of sp³-hybridized carbons (Fsp3) is 0.667. The van der Waals surface area contributed by atoms with Gasteiger partial charge in [-0.2, -0.15) is 0 Å². The summed E-state index contributed by atoms with van der Waals surface area (Å²) in [5.74, 6) is 1.87. The summed E-state index contributed by atoms with van der Waals surface area (Å²) >= 11 is 0. The Kier molecular flexibility index (Phi) is 2.32. The molecular formula is C9H15NO. The summed E-state index contributed by atoms with van der Waals surface area (Å²) in [5.41, 5.74) is 1.07. The molecule has 0 N–H and O–H groups in total. The second kappa shape index (κ2) is 3.07. The van der Waals surface area contributed by atoms with E-state index in [-0.39, 0.29) is 0 Å². The van der Waals surface area contributed by atoms with Crippen LogP contribution in [-0.2, 0) is 0 Å². The van der Waals surface area contributed by atoms with Gasteiger partial charge in [0, 0.05) is 12.8 Å².